The fourth-order valence-electron chi connectivity index (χ4n) is 4.89. The SMILES string of the molecule is Cc1cccc(CN(C(=O)CN(c2cccc(Br)c2)S(=O)(=O)c2ccccc2)[C@H](Cc2ccccc2)C(=O)NC(C)(C)C)c1. The Balaban J connectivity index is 1.82. The number of hydrogen-bond donors (Lipinski definition) is 1. The van der Waals surface area contributed by atoms with Crippen molar-refractivity contribution in [3.05, 3.63) is 130 Å². The van der Waals surface area contributed by atoms with Crippen LogP contribution in [0.5, 0.6) is 0 Å². The largest absolute Gasteiger partial charge is 0.350 e. The van der Waals surface area contributed by atoms with E-state index in [1.807, 2.05) is 82.3 Å². The molecule has 1 N–H and O–H groups in total. The molecule has 7 nitrogen and oxygen atoms in total. The molecule has 1 atom stereocenters. The maximum absolute atomic E-state index is 14.5. The van der Waals surface area contributed by atoms with Crippen LogP contribution in [-0.2, 0) is 32.6 Å². The first kappa shape index (κ1) is 33.0. The summed E-state index contributed by atoms with van der Waals surface area (Å²) in [5, 5.41) is 3.05. The van der Waals surface area contributed by atoms with E-state index in [2.05, 4.69) is 21.2 Å². The summed E-state index contributed by atoms with van der Waals surface area (Å²) in [4.78, 5) is 30.0. The third kappa shape index (κ3) is 8.80. The molecule has 0 radical (unpaired) electrons. The number of amides is 2. The lowest BCUT2D eigenvalue weighted by Crippen LogP contribution is -2.56. The molecule has 0 unspecified atom stereocenters. The number of aryl methyl sites for hydroxylation is 1. The van der Waals surface area contributed by atoms with Crippen molar-refractivity contribution >= 4 is 43.5 Å². The van der Waals surface area contributed by atoms with Crippen LogP contribution in [0.4, 0.5) is 5.69 Å². The quantitative estimate of drug-likeness (QED) is 0.196. The Morgan fingerprint density at radius 3 is 2.05 bits per heavy atom. The van der Waals surface area contributed by atoms with E-state index in [-0.39, 0.29) is 23.8 Å². The topological polar surface area (TPSA) is 86.8 Å². The van der Waals surface area contributed by atoms with Crippen molar-refractivity contribution in [1.29, 1.82) is 0 Å². The van der Waals surface area contributed by atoms with Crippen molar-refractivity contribution in [2.75, 3.05) is 10.8 Å². The lowest BCUT2D eigenvalue weighted by Gasteiger charge is -2.35. The van der Waals surface area contributed by atoms with Crippen LogP contribution in [0.1, 0.15) is 37.5 Å². The van der Waals surface area contributed by atoms with E-state index in [4.69, 9.17) is 0 Å². The van der Waals surface area contributed by atoms with Gasteiger partial charge < -0.3 is 10.2 Å². The molecule has 0 aromatic heterocycles. The van der Waals surface area contributed by atoms with Gasteiger partial charge in [0.25, 0.3) is 10.0 Å². The van der Waals surface area contributed by atoms with Crippen molar-refractivity contribution < 1.29 is 18.0 Å². The monoisotopic (exact) mass is 675 g/mol. The van der Waals surface area contributed by atoms with Gasteiger partial charge >= 0.3 is 0 Å². The predicted octanol–water partition coefficient (Wildman–Crippen LogP) is 6.51. The van der Waals surface area contributed by atoms with Crippen LogP contribution in [0, 0.1) is 6.92 Å². The second-order valence-corrected chi connectivity index (χ2v) is 14.5. The molecule has 4 aromatic carbocycles. The van der Waals surface area contributed by atoms with Gasteiger partial charge in [-0.25, -0.2) is 8.42 Å². The van der Waals surface area contributed by atoms with Gasteiger partial charge in [-0.3, -0.25) is 13.9 Å². The summed E-state index contributed by atoms with van der Waals surface area (Å²) in [6.45, 7) is 7.24. The summed E-state index contributed by atoms with van der Waals surface area (Å²) in [6, 6.07) is 31.2. The molecule has 4 aromatic rings. The highest BCUT2D eigenvalue weighted by atomic mass is 79.9. The minimum Gasteiger partial charge on any atom is -0.350 e. The third-order valence-electron chi connectivity index (χ3n) is 6.91. The van der Waals surface area contributed by atoms with Crippen LogP contribution in [0.15, 0.2) is 119 Å². The Labute approximate surface area is 269 Å². The summed E-state index contributed by atoms with van der Waals surface area (Å²) >= 11 is 3.44. The van der Waals surface area contributed by atoms with E-state index >= 15 is 0 Å². The average molecular weight is 677 g/mol. The van der Waals surface area contributed by atoms with E-state index < -0.39 is 34.1 Å². The van der Waals surface area contributed by atoms with Gasteiger partial charge in [0.1, 0.15) is 12.6 Å². The molecule has 9 heteroatoms. The fourth-order valence-corrected chi connectivity index (χ4v) is 6.71. The number of hydrogen-bond acceptors (Lipinski definition) is 4. The number of anilines is 1. The molecule has 0 aliphatic rings. The lowest BCUT2D eigenvalue weighted by molar-refractivity contribution is -0.140. The van der Waals surface area contributed by atoms with Crippen LogP contribution in [0.3, 0.4) is 0 Å². The van der Waals surface area contributed by atoms with E-state index in [1.165, 1.54) is 17.0 Å². The molecule has 0 fully saturated rings. The highest BCUT2D eigenvalue weighted by Gasteiger charge is 2.35. The van der Waals surface area contributed by atoms with Crippen LogP contribution < -0.4 is 9.62 Å². The molecule has 0 saturated heterocycles. The number of halogens is 1. The molecule has 0 spiro atoms. The Kier molecular flexibility index (Phi) is 10.7. The molecule has 2 amide bonds. The first-order chi connectivity index (χ1) is 20.8. The second-order valence-electron chi connectivity index (χ2n) is 11.8. The smallest absolute Gasteiger partial charge is 0.264 e. The van der Waals surface area contributed by atoms with E-state index in [1.54, 1.807) is 42.5 Å². The number of rotatable bonds is 11. The van der Waals surface area contributed by atoms with Crippen molar-refractivity contribution in [3.8, 4) is 0 Å². The highest BCUT2D eigenvalue weighted by molar-refractivity contribution is 9.10. The molecular formula is C35H38BrN3O4S. The van der Waals surface area contributed by atoms with Crippen LogP contribution in [-0.4, -0.2) is 43.3 Å². The highest BCUT2D eigenvalue weighted by Crippen LogP contribution is 2.27. The van der Waals surface area contributed by atoms with Crippen molar-refractivity contribution in [1.82, 2.24) is 10.2 Å². The zero-order chi connectivity index (χ0) is 31.9. The zero-order valence-electron chi connectivity index (χ0n) is 25.4. The minimum atomic E-state index is -4.15. The molecule has 0 bridgehead atoms. The van der Waals surface area contributed by atoms with Crippen molar-refractivity contribution in [3.63, 3.8) is 0 Å². The minimum absolute atomic E-state index is 0.0596. The van der Waals surface area contributed by atoms with Crippen LogP contribution >= 0.6 is 15.9 Å². The van der Waals surface area contributed by atoms with Gasteiger partial charge in [-0.2, -0.15) is 0 Å². The third-order valence-corrected chi connectivity index (χ3v) is 9.19. The predicted molar refractivity (Wildman–Crippen MR) is 179 cm³/mol. The van der Waals surface area contributed by atoms with Crippen LogP contribution in [0.25, 0.3) is 0 Å². The lowest BCUT2D eigenvalue weighted by atomic mass is 10.0. The Morgan fingerprint density at radius 2 is 1.43 bits per heavy atom. The molecule has 0 saturated carbocycles. The first-order valence-corrected chi connectivity index (χ1v) is 16.6. The first-order valence-electron chi connectivity index (χ1n) is 14.4. The summed E-state index contributed by atoms with van der Waals surface area (Å²) in [5.41, 5.74) is 2.49. The molecule has 0 aliphatic carbocycles. The number of carbonyl (C=O) groups excluding carboxylic acids is 2. The molecule has 4 rings (SSSR count). The maximum Gasteiger partial charge on any atom is 0.264 e. The Bertz CT molecular complexity index is 1690. The number of nitrogens with one attached hydrogen (secondary N) is 1. The fraction of sp³-hybridized carbons (Fsp3) is 0.257. The van der Waals surface area contributed by atoms with E-state index in [0.29, 0.717) is 10.2 Å². The number of nitrogens with zero attached hydrogens (tertiary/aromatic N) is 2. The van der Waals surface area contributed by atoms with Gasteiger partial charge in [-0.15, -0.1) is 0 Å². The zero-order valence-corrected chi connectivity index (χ0v) is 27.8. The number of benzene rings is 4. The molecular weight excluding hydrogens is 638 g/mol. The maximum atomic E-state index is 14.5. The van der Waals surface area contributed by atoms with Crippen molar-refractivity contribution in [2.24, 2.45) is 0 Å². The van der Waals surface area contributed by atoms with E-state index in [9.17, 15) is 18.0 Å². The van der Waals surface area contributed by atoms with Crippen molar-refractivity contribution in [2.45, 2.75) is 57.1 Å². The normalized spacial score (nSPS) is 12.3. The molecule has 44 heavy (non-hydrogen) atoms. The standard InChI is InChI=1S/C35H38BrN3O4S/c1-26-13-11-16-28(21-26)24-38(32(34(41)37-35(2,3)4)22-27-14-7-5-8-15-27)33(40)25-39(30-18-12-17-29(36)23-30)44(42,43)31-19-9-6-10-20-31/h5-21,23,32H,22,24-25H2,1-4H3,(H,37,41)/t32-/m1/s1. The van der Waals surface area contributed by atoms with Crippen LogP contribution in [0.2, 0.25) is 0 Å². The van der Waals surface area contributed by atoms with Gasteiger partial charge in [-0.1, -0.05) is 100 Å². The van der Waals surface area contributed by atoms with Gasteiger partial charge in [0.05, 0.1) is 10.6 Å². The van der Waals surface area contributed by atoms with Gasteiger partial charge in [0, 0.05) is 23.0 Å². The number of sulfonamides is 1. The van der Waals surface area contributed by atoms with Gasteiger partial charge in [-0.05, 0) is 69.2 Å². The summed E-state index contributed by atoms with van der Waals surface area (Å²) in [6.07, 6.45) is 0.253. The van der Waals surface area contributed by atoms with Gasteiger partial charge in [0.2, 0.25) is 11.8 Å². The summed E-state index contributed by atoms with van der Waals surface area (Å²) < 4.78 is 29.9. The Morgan fingerprint density at radius 1 is 0.818 bits per heavy atom. The number of carbonyl (C=O) groups is 2. The molecule has 230 valence electrons. The Hall–Kier alpha value is -3.95. The second kappa shape index (κ2) is 14.2. The van der Waals surface area contributed by atoms with E-state index in [0.717, 1.165) is 21.0 Å². The van der Waals surface area contributed by atoms with Gasteiger partial charge in [0.15, 0.2) is 0 Å². The molecule has 0 aliphatic heterocycles. The summed E-state index contributed by atoms with van der Waals surface area (Å²) in [5.74, 6) is -0.821. The average Bonchev–Trinajstić information content (AvgIpc) is 2.97. The molecule has 0 heterocycles. The summed E-state index contributed by atoms with van der Waals surface area (Å²) in [7, 11) is -4.15.